The van der Waals surface area contributed by atoms with Gasteiger partial charge in [0.05, 0.1) is 0 Å². The van der Waals surface area contributed by atoms with Crippen molar-refractivity contribution >= 4 is 0 Å². The third-order valence-corrected chi connectivity index (χ3v) is 4.19. The Labute approximate surface area is 87.8 Å². The Kier molecular flexibility index (Phi) is 3.13. The highest BCUT2D eigenvalue weighted by molar-refractivity contribution is 4.87. The minimum absolute atomic E-state index is 0.449. The highest BCUT2D eigenvalue weighted by Gasteiger charge is 2.31. The molecular formula is C12H24N2. The molecule has 0 aromatic heterocycles. The first-order chi connectivity index (χ1) is 6.66. The average Bonchev–Trinajstić information content (AvgIpc) is 2.57. The lowest BCUT2D eigenvalue weighted by Gasteiger charge is -2.38. The van der Waals surface area contributed by atoms with Crippen molar-refractivity contribution in [3.8, 4) is 0 Å². The van der Waals surface area contributed by atoms with Gasteiger partial charge in [0.25, 0.3) is 0 Å². The fourth-order valence-electron chi connectivity index (χ4n) is 3.04. The van der Waals surface area contributed by atoms with E-state index in [4.69, 9.17) is 5.73 Å². The summed E-state index contributed by atoms with van der Waals surface area (Å²) in [6, 6.07) is 1.32. The summed E-state index contributed by atoms with van der Waals surface area (Å²) in [6.07, 6.45) is 5.47. The molecule has 0 amide bonds. The van der Waals surface area contributed by atoms with Gasteiger partial charge in [0.2, 0.25) is 0 Å². The summed E-state index contributed by atoms with van der Waals surface area (Å²) in [5.41, 5.74) is 6.04. The van der Waals surface area contributed by atoms with Gasteiger partial charge in [-0.1, -0.05) is 13.8 Å². The largest absolute Gasteiger partial charge is 0.327 e. The molecule has 0 aromatic rings. The lowest BCUT2D eigenvalue weighted by atomic mass is 9.93. The van der Waals surface area contributed by atoms with Crippen molar-refractivity contribution in [3.63, 3.8) is 0 Å². The quantitative estimate of drug-likeness (QED) is 0.693. The zero-order valence-corrected chi connectivity index (χ0v) is 9.58. The molecule has 2 N–H and O–H groups in total. The minimum atomic E-state index is 0.449. The summed E-state index contributed by atoms with van der Waals surface area (Å²) in [4.78, 5) is 2.69. The number of nitrogens with two attached hydrogens (primary N) is 1. The first kappa shape index (κ1) is 10.4. The van der Waals surface area contributed by atoms with E-state index in [0.29, 0.717) is 12.0 Å². The topological polar surface area (TPSA) is 29.3 Å². The van der Waals surface area contributed by atoms with Crippen molar-refractivity contribution in [2.24, 2.45) is 17.6 Å². The van der Waals surface area contributed by atoms with E-state index >= 15 is 0 Å². The number of likely N-dealkylation sites (tertiary alicyclic amines) is 1. The zero-order valence-electron chi connectivity index (χ0n) is 9.58. The van der Waals surface area contributed by atoms with Gasteiger partial charge < -0.3 is 5.73 Å². The third kappa shape index (κ3) is 2.12. The molecule has 1 saturated carbocycles. The molecule has 82 valence electrons. The van der Waals surface area contributed by atoms with Crippen LogP contribution in [0.5, 0.6) is 0 Å². The summed E-state index contributed by atoms with van der Waals surface area (Å²) in [5.74, 6) is 1.64. The zero-order chi connectivity index (χ0) is 10.1. The average molecular weight is 196 g/mol. The Bertz CT molecular complexity index is 193. The molecule has 0 spiro atoms. The second-order valence-electron chi connectivity index (χ2n) is 5.50. The molecule has 0 aromatic carbocycles. The highest BCUT2D eigenvalue weighted by atomic mass is 15.2. The van der Waals surface area contributed by atoms with Crippen molar-refractivity contribution in [2.45, 2.75) is 51.6 Å². The van der Waals surface area contributed by atoms with Crippen LogP contribution in [0.2, 0.25) is 0 Å². The van der Waals surface area contributed by atoms with Crippen molar-refractivity contribution in [1.29, 1.82) is 0 Å². The smallest absolute Gasteiger partial charge is 0.00980 e. The Hall–Kier alpha value is -0.0800. The van der Waals surface area contributed by atoms with Gasteiger partial charge in [-0.15, -0.1) is 0 Å². The Morgan fingerprint density at radius 2 is 1.93 bits per heavy atom. The molecule has 1 heterocycles. The molecule has 4 unspecified atom stereocenters. The summed E-state index contributed by atoms with van der Waals surface area (Å²) < 4.78 is 0. The van der Waals surface area contributed by atoms with Crippen LogP contribution in [-0.4, -0.2) is 30.1 Å². The van der Waals surface area contributed by atoms with E-state index in [-0.39, 0.29) is 0 Å². The van der Waals surface area contributed by atoms with Gasteiger partial charge in [0.1, 0.15) is 0 Å². The van der Waals surface area contributed by atoms with Gasteiger partial charge in [-0.25, -0.2) is 0 Å². The van der Waals surface area contributed by atoms with Crippen molar-refractivity contribution in [3.05, 3.63) is 0 Å². The number of hydrogen-bond acceptors (Lipinski definition) is 2. The monoisotopic (exact) mass is 196 g/mol. The fourth-order valence-corrected chi connectivity index (χ4v) is 3.04. The summed E-state index contributed by atoms with van der Waals surface area (Å²) >= 11 is 0. The van der Waals surface area contributed by atoms with E-state index in [1.807, 2.05) is 0 Å². The second-order valence-corrected chi connectivity index (χ2v) is 5.50. The van der Waals surface area contributed by atoms with Crippen LogP contribution in [0.15, 0.2) is 0 Å². The molecule has 2 fully saturated rings. The van der Waals surface area contributed by atoms with E-state index in [1.54, 1.807) is 0 Å². The predicted molar refractivity (Wildman–Crippen MR) is 60.1 cm³/mol. The van der Waals surface area contributed by atoms with Crippen molar-refractivity contribution in [1.82, 2.24) is 4.90 Å². The molecule has 1 aliphatic carbocycles. The van der Waals surface area contributed by atoms with E-state index in [9.17, 15) is 0 Å². The Morgan fingerprint density at radius 1 is 1.14 bits per heavy atom. The molecule has 4 atom stereocenters. The van der Waals surface area contributed by atoms with Crippen LogP contribution in [0, 0.1) is 11.8 Å². The van der Waals surface area contributed by atoms with Gasteiger partial charge in [-0.3, -0.25) is 4.90 Å². The van der Waals surface area contributed by atoms with Crippen LogP contribution < -0.4 is 5.73 Å². The normalized spacial score (nSPS) is 45.6. The van der Waals surface area contributed by atoms with Crippen LogP contribution in [0.3, 0.4) is 0 Å². The van der Waals surface area contributed by atoms with E-state index in [1.165, 1.54) is 38.8 Å². The Balaban J connectivity index is 1.87. The van der Waals surface area contributed by atoms with Gasteiger partial charge in [-0.2, -0.15) is 0 Å². The molecule has 14 heavy (non-hydrogen) atoms. The molecule has 2 nitrogen and oxygen atoms in total. The van der Waals surface area contributed by atoms with Gasteiger partial charge in [0, 0.05) is 18.6 Å². The van der Waals surface area contributed by atoms with Gasteiger partial charge in [0.15, 0.2) is 0 Å². The minimum Gasteiger partial charge on any atom is -0.327 e. The standard InChI is InChI=1S/C12H24N2/c1-9-3-4-11(7-9)14-6-5-12(13)10(2)8-14/h9-12H,3-8,13H2,1-2H3. The number of rotatable bonds is 1. The molecule has 2 heteroatoms. The van der Waals surface area contributed by atoms with E-state index in [0.717, 1.165) is 12.0 Å². The molecule has 0 bridgehead atoms. The number of hydrogen-bond donors (Lipinski definition) is 1. The van der Waals surface area contributed by atoms with E-state index in [2.05, 4.69) is 18.7 Å². The molecule has 2 rings (SSSR count). The van der Waals surface area contributed by atoms with E-state index < -0.39 is 0 Å². The molecule has 1 aliphatic heterocycles. The van der Waals surface area contributed by atoms with Crippen molar-refractivity contribution < 1.29 is 0 Å². The van der Waals surface area contributed by atoms with Crippen LogP contribution in [-0.2, 0) is 0 Å². The maximum Gasteiger partial charge on any atom is 0.00980 e. The number of nitrogens with zero attached hydrogens (tertiary/aromatic N) is 1. The van der Waals surface area contributed by atoms with Crippen LogP contribution >= 0.6 is 0 Å². The van der Waals surface area contributed by atoms with Crippen LogP contribution in [0.4, 0.5) is 0 Å². The first-order valence-corrected chi connectivity index (χ1v) is 6.16. The predicted octanol–water partition coefficient (Wildman–Crippen LogP) is 1.84. The molecule has 2 aliphatic rings. The fraction of sp³-hybridized carbons (Fsp3) is 1.00. The maximum atomic E-state index is 6.04. The highest BCUT2D eigenvalue weighted by Crippen LogP contribution is 2.31. The third-order valence-electron chi connectivity index (χ3n) is 4.19. The summed E-state index contributed by atoms with van der Waals surface area (Å²) in [5, 5.41) is 0. The lowest BCUT2D eigenvalue weighted by molar-refractivity contribution is 0.116. The number of piperidine rings is 1. The second kappa shape index (κ2) is 4.19. The first-order valence-electron chi connectivity index (χ1n) is 6.16. The summed E-state index contributed by atoms with van der Waals surface area (Å²) in [7, 11) is 0. The summed E-state index contributed by atoms with van der Waals surface area (Å²) in [6.45, 7) is 7.16. The van der Waals surface area contributed by atoms with Gasteiger partial charge in [-0.05, 0) is 44.1 Å². The van der Waals surface area contributed by atoms with Gasteiger partial charge >= 0.3 is 0 Å². The van der Waals surface area contributed by atoms with Crippen LogP contribution in [0.25, 0.3) is 0 Å². The lowest BCUT2D eigenvalue weighted by Crippen LogP contribution is -2.49. The molecule has 0 radical (unpaired) electrons. The maximum absolute atomic E-state index is 6.04. The van der Waals surface area contributed by atoms with Crippen LogP contribution in [0.1, 0.15) is 39.5 Å². The SMILES string of the molecule is CC1CCC(N2CCC(N)C(C)C2)C1. The molecule has 1 saturated heterocycles. The van der Waals surface area contributed by atoms with Crippen molar-refractivity contribution in [2.75, 3.05) is 13.1 Å². The Morgan fingerprint density at radius 3 is 2.50 bits per heavy atom. The molecular weight excluding hydrogens is 172 g/mol.